The van der Waals surface area contributed by atoms with Crippen molar-refractivity contribution in [1.29, 1.82) is 0 Å². The number of aromatic nitrogens is 2. The number of piperidine rings is 1. The fourth-order valence-corrected chi connectivity index (χ4v) is 2.01. The first kappa shape index (κ1) is 11.6. The van der Waals surface area contributed by atoms with Crippen LogP contribution in [0, 0.1) is 5.92 Å². The number of hydrogen-bond donors (Lipinski definition) is 1. The Morgan fingerprint density at radius 1 is 1.44 bits per heavy atom. The van der Waals surface area contributed by atoms with Gasteiger partial charge >= 0.3 is 6.01 Å². The number of hydrogen-bond acceptors (Lipinski definition) is 4. The molecule has 16 heavy (non-hydrogen) atoms. The maximum absolute atomic E-state index is 5.73. The lowest BCUT2D eigenvalue weighted by Crippen LogP contribution is -2.28. The average Bonchev–Trinajstić information content (AvgIpc) is 2.30. The van der Waals surface area contributed by atoms with Crippen LogP contribution >= 0.6 is 11.6 Å². The Kier molecular flexibility index (Phi) is 4.36. The van der Waals surface area contributed by atoms with Crippen LogP contribution in [0.5, 0.6) is 6.01 Å². The van der Waals surface area contributed by atoms with E-state index in [0.717, 1.165) is 25.4 Å². The van der Waals surface area contributed by atoms with Gasteiger partial charge in [0.2, 0.25) is 0 Å². The summed E-state index contributed by atoms with van der Waals surface area (Å²) in [5.41, 5.74) is 0. The molecule has 1 aliphatic heterocycles. The molecular weight excluding hydrogens is 226 g/mol. The van der Waals surface area contributed by atoms with Gasteiger partial charge in [-0.3, -0.25) is 0 Å². The van der Waals surface area contributed by atoms with E-state index in [0.29, 0.717) is 17.8 Å². The lowest BCUT2D eigenvalue weighted by atomic mass is 9.95. The summed E-state index contributed by atoms with van der Waals surface area (Å²) in [5, 5.41) is 3.77. The molecule has 1 aliphatic rings. The van der Waals surface area contributed by atoms with Crippen LogP contribution in [0.15, 0.2) is 12.3 Å². The second-order valence-electron chi connectivity index (χ2n) is 3.99. The fraction of sp³-hybridized carbons (Fsp3) is 0.636. The van der Waals surface area contributed by atoms with E-state index >= 15 is 0 Å². The van der Waals surface area contributed by atoms with Crippen molar-refractivity contribution in [2.45, 2.75) is 19.3 Å². The van der Waals surface area contributed by atoms with Crippen LogP contribution in [-0.2, 0) is 0 Å². The molecule has 1 saturated heterocycles. The second-order valence-corrected chi connectivity index (χ2v) is 4.38. The van der Waals surface area contributed by atoms with Gasteiger partial charge in [-0.1, -0.05) is 11.6 Å². The highest BCUT2D eigenvalue weighted by molar-refractivity contribution is 6.29. The number of nitrogens with zero attached hydrogens (tertiary/aromatic N) is 2. The van der Waals surface area contributed by atoms with Gasteiger partial charge in [0, 0.05) is 6.20 Å². The molecular formula is C11H16ClN3O. The van der Waals surface area contributed by atoms with E-state index in [9.17, 15) is 0 Å². The van der Waals surface area contributed by atoms with E-state index in [1.165, 1.54) is 12.8 Å². The van der Waals surface area contributed by atoms with Crippen molar-refractivity contribution in [3.05, 3.63) is 17.4 Å². The minimum Gasteiger partial charge on any atom is -0.463 e. The van der Waals surface area contributed by atoms with E-state index < -0.39 is 0 Å². The van der Waals surface area contributed by atoms with Crippen LogP contribution in [0.2, 0.25) is 5.15 Å². The third-order valence-electron chi connectivity index (χ3n) is 2.82. The van der Waals surface area contributed by atoms with Gasteiger partial charge < -0.3 is 10.1 Å². The molecule has 0 atom stereocenters. The molecule has 1 N–H and O–H groups in total. The minimum atomic E-state index is 0.376. The predicted molar refractivity (Wildman–Crippen MR) is 62.7 cm³/mol. The molecule has 0 aromatic carbocycles. The lowest BCUT2D eigenvalue weighted by molar-refractivity contribution is 0.238. The summed E-state index contributed by atoms with van der Waals surface area (Å²) >= 11 is 5.73. The zero-order valence-electron chi connectivity index (χ0n) is 9.16. The van der Waals surface area contributed by atoms with Gasteiger partial charge in [-0.15, -0.1) is 0 Å². The fourth-order valence-electron chi connectivity index (χ4n) is 1.88. The summed E-state index contributed by atoms with van der Waals surface area (Å²) in [6, 6.07) is 2.02. The van der Waals surface area contributed by atoms with Gasteiger partial charge in [0.15, 0.2) is 0 Å². The van der Waals surface area contributed by atoms with E-state index in [1.54, 1.807) is 12.3 Å². The van der Waals surface area contributed by atoms with Gasteiger partial charge in [0.25, 0.3) is 0 Å². The van der Waals surface area contributed by atoms with Crippen molar-refractivity contribution in [2.24, 2.45) is 5.92 Å². The molecule has 1 aromatic rings. The normalized spacial score (nSPS) is 17.3. The number of halogens is 1. The van der Waals surface area contributed by atoms with E-state index in [2.05, 4.69) is 15.3 Å². The summed E-state index contributed by atoms with van der Waals surface area (Å²) in [6.07, 6.45) is 5.15. The second kappa shape index (κ2) is 6.01. The van der Waals surface area contributed by atoms with E-state index in [4.69, 9.17) is 16.3 Å². The van der Waals surface area contributed by atoms with Crippen LogP contribution in [0.4, 0.5) is 0 Å². The molecule has 1 aromatic heterocycles. The van der Waals surface area contributed by atoms with Crippen LogP contribution in [-0.4, -0.2) is 29.7 Å². The van der Waals surface area contributed by atoms with Crippen molar-refractivity contribution >= 4 is 11.6 Å². The molecule has 88 valence electrons. The molecule has 0 aliphatic carbocycles. The summed E-state index contributed by atoms with van der Waals surface area (Å²) < 4.78 is 5.46. The SMILES string of the molecule is Clc1ccnc(OCCC2CCNCC2)n1. The van der Waals surface area contributed by atoms with Crippen molar-refractivity contribution in [1.82, 2.24) is 15.3 Å². The molecule has 2 heterocycles. The Balaban J connectivity index is 1.71. The monoisotopic (exact) mass is 241 g/mol. The highest BCUT2D eigenvalue weighted by Crippen LogP contribution is 2.16. The van der Waals surface area contributed by atoms with Crippen LogP contribution in [0.25, 0.3) is 0 Å². The highest BCUT2D eigenvalue weighted by Gasteiger charge is 2.12. The average molecular weight is 242 g/mol. The molecule has 0 saturated carbocycles. The van der Waals surface area contributed by atoms with Gasteiger partial charge in [-0.25, -0.2) is 4.98 Å². The Hall–Kier alpha value is -0.870. The minimum absolute atomic E-state index is 0.376. The van der Waals surface area contributed by atoms with Crippen molar-refractivity contribution in [2.75, 3.05) is 19.7 Å². The van der Waals surface area contributed by atoms with Gasteiger partial charge in [-0.05, 0) is 44.3 Å². The molecule has 0 unspecified atom stereocenters. The zero-order chi connectivity index (χ0) is 11.2. The third-order valence-corrected chi connectivity index (χ3v) is 3.03. The predicted octanol–water partition coefficient (Wildman–Crippen LogP) is 1.90. The zero-order valence-corrected chi connectivity index (χ0v) is 9.91. The Labute approximate surface area is 100 Å². The topological polar surface area (TPSA) is 47.0 Å². The maximum atomic E-state index is 5.73. The molecule has 0 spiro atoms. The summed E-state index contributed by atoms with van der Waals surface area (Å²) in [4.78, 5) is 7.97. The first-order valence-corrected chi connectivity index (χ1v) is 6.04. The molecule has 0 bridgehead atoms. The Morgan fingerprint density at radius 2 is 2.25 bits per heavy atom. The Morgan fingerprint density at radius 3 is 3.00 bits per heavy atom. The van der Waals surface area contributed by atoms with Crippen molar-refractivity contribution < 1.29 is 4.74 Å². The quantitative estimate of drug-likeness (QED) is 0.818. The Bertz CT molecular complexity index is 329. The van der Waals surface area contributed by atoms with Crippen molar-refractivity contribution in [3.63, 3.8) is 0 Å². The highest BCUT2D eigenvalue weighted by atomic mass is 35.5. The van der Waals surface area contributed by atoms with E-state index in [-0.39, 0.29) is 0 Å². The number of nitrogens with one attached hydrogen (secondary N) is 1. The van der Waals surface area contributed by atoms with Crippen molar-refractivity contribution in [3.8, 4) is 6.01 Å². The summed E-state index contributed by atoms with van der Waals surface area (Å²) in [5.74, 6) is 0.764. The standard InChI is InChI=1S/C11H16ClN3O/c12-10-3-7-14-11(15-10)16-8-4-9-1-5-13-6-2-9/h3,7,9,13H,1-2,4-6,8H2. The molecule has 2 rings (SSSR count). The molecule has 1 fully saturated rings. The van der Waals surface area contributed by atoms with Gasteiger partial charge in [-0.2, -0.15) is 4.98 Å². The number of ether oxygens (including phenoxy) is 1. The first-order chi connectivity index (χ1) is 7.84. The van der Waals surface area contributed by atoms with Crippen LogP contribution < -0.4 is 10.1 Å². The van der Waals surface area contributed by atoms with Crippen LogP contribution in [0.3, 0.4) is 0 Å². The van der Waals surface area contributed by atoms with Crippen LogP contribution in [0.1, 0.15) is 19.3 Å². The first-order valence-electron chi connectivity index (χ1n) is 5.66. The lowest BCUT2D eigenvalue weighted by Gasteiger charge is -2.22. The molecule has 4 nitrogen and oxygen atoms in total. The summed E-state index contributed by atoms with van der Waals surface area (Å²) in [7, 11) is 0. The number of rotatable bonds is 4. The molecule has 0 amide bonds. The maximum Gasteiger partial charge on any atom is 0.317 e. The molecule has 0 radical (unpaired) electrons. The summed E-state index contributed by atoms with van der Waals surface area (Å²) in [6.45, 7) is 2.92. The van der Waals surface area contributed by atoms with Gasteiger partial charge in [0.1, 0.15) is 5.15 Å². The largest absolute Gasteiger partial charge is 0.463 e. The smallest absolute Gasteiger partial charge is 0.317 e. The van der Waals surface area contributed by atoms with E-state index in [1.807, 2.05) is 0 Å². The molecule has 5 heteroatoms. The third kappa shape index (κ3) is 3.61. The van der Waals surface area contributed by atoms with Gasteiger partial charge in [0.05, 0.1) is 6.61 Å².